The van der Waals surface area contributed by atoms with Gasteiger partial charge in [-0.05, 0) is 68.7 Å². The van der Waals surface area contributed by atoms with Crippen LogP contribution in [0.3, 0.4) is 0 Å². The summed E-state index contributed by atoms with van der Waals surface area (Å²) < 4.78 is 0. The van der Waals surface area contributed by atoms with Gasteiger partial charge in [0.15, 0.2) is 0 Å². The second-order valence-electron chi connectivity index (χ2n) is 8.59. The summed E-state index contributed by atoms with van der Waals surface area (Å²) in [6.45, 7) is 5.47. The summed E-state index contributed by atoms with van der Waals surface area (Å²) in [5, 5.41) is 9.63. The van der Waals surface area contributed by atoms with Crippen LogP contribution in [0.5, 0.6) is 0 Å². The Kier molecular flexibility index (Phi) is 4.93. The van der Waals surface area contributed by atoms with E-state index in [1.54, 1.807) is 4.90 Å². The summed E-state index contributed by atoms with van der Waals surface area (Å²) >= 11 is 0. The van der Waals surface area contributed by atoms with Gasteiger partial charge in [-0.15, -0.1) is 0 Å². The first-order chi connectivity index (χ1) is 13.0. The van der Waals surface area contributed by atoms with Crippen molar-refractivity contribution >= 4 is 11.9 Å². The smallest absolute Gasteiger partial charge is 0.326 e. The van der Waals surface area contributed by atoms with Crippen molar-refractivity contribution in [1.29, 1.82) is 0 Å². The molecule has 1 aromatic heterocycles. The van der Waals surface area contributed by atoms with E-state index in [1.807, 2.05) is 6.20 Å². The van der Waals surface area contributed by atoms with Gasteiger partial charge in [0.1, 0.15) is 6.04 Å². The molecule has 146 valence electrons. The van der Waals surface area contributed by atoms with Gasteiger partial charge in [0.05, 0.1) is 5.69 Å². The number of carboxylic acid groups (broad SMARTS) is 1. The fourth-order valence-electron chi connectivity index (χ4n) is 4.61. The van der Waals surface area contributed by atoms with Crippen LogP contribution in [0.2, 0.25) is 0 Å². The summed E-state index contributed by atoms with van der Waals surface area (Å²) in [7, 11) is 0. The largest absolute Gasteiger partial charge is 0.480 e. The number of carboxylic acids is 1. The van der Waals surface area contributed by atoms with Crippen LogP contribution < -0.4 is 0 Å². The molecule has 2 saturated heterocycles. The van der Waals surface area contributed by atoms with Gasteiger partial charge < -0.3 is 10.0 Å². The molecule has 0 unspecified atom stereocenters. The molecule has 3 aliphatic rings. The third-order valence-corrected chi connectivity index (χ3v) is 6.60. The number of aryl methyl sites for hydroxylation is 1. The third kappa shape index (κ3) is 3.86. The van der Waals surface area contributed by atoms with Crippen molar-refractivity contribution in [2.24, 2.45) is 11.3 Å². The fraction of sp³-hybridized carbons (Fsp3) is 0.667. The van der Waals surface area contributed by atoms with Gasteiger partial charge in [0.2, 0.25) is 5.91 Å². The highest BCUT2D eigenvalue weighted by Gasteiger charge is 2.51. The zero-order valence-corrected chi connectivity index (χ0v) is 16.1. The minimum absolute atomic E-state index is 0.0242. The Bertz CT molecular complexity index is 706. The number of aromatic nitrogens is 1. The first-order valence-corrected chi connectivity index (χ1v) is 10.2. The molecular weight excluding hydrogens is 342 g/mol. The topological polar surface area (TPSA) is 73.7 Å². The average molecular weight is 371 g/mol. The molecule has 2 aliphatic heterocycles. The highest BCUT2D eigenvalue weighted by Crippen LogP contribution is 2.45. The van der Waals surface area contributed by atoms with Crippen LogP contribution in [0.25, 0.3) is 0 Å². The molecule has 1 N–H and O–H groups in total. The molecule has 3 heterocycles. The monoisotopic (exact) mass is 371 g/mol. The normalized spacial score (nSPS) is 25.1. The highest BCUT2D eigenvalue weighted by atomic mass is 16.4. The molecule has 1 aliphatic carbocycles. The minimum Gasteiger partial charge on any atom is -0.480 e. The Balaban J connectivity index is 1.37. The molecule has 3 fully saturated rings. The zero-order chi connectivity index (χ0) is 19.0. The van der Waals surface area contributed by atoms with E-state index in [-0.39, 0.29) is 17.2 Å². The molecule has 1 atom stereocenters. The predicted molar refractivity (Wildman–Crippen MR) is 101 cm³/mol. The second kappa shape index (κ2) is 7.23. The number of aliphatic carboxylic acids is 1. The third-order valence-electron chi connectivity index (χ3n) is 6.60. The second-order valence-corrected chi connectivity index (χ2v) is 8.59. The number of hydrogen-bond donors (Lipinski definition) is 1. The summed E-state index contributed by atoms with van der Waals surface area (Å²) in [6, 6.07) is 3.62. The lowest BCUT2D eigenvalue weighted by Gasteiger charge is -2.39. The van der Waals surface area contributed by atoms with Gasteiger partial charge in [-0.3, -0.25) is 14.7 Å². The number of carbonyl (C=O) groups excluding carboxylic acids is 1. The molecule has 4 rings (SSSR count). The maximum atomic E-state index is 12.6. The molecule has 0 radical (unpaired) electrons. The van der Waals surface area contributed by atoms with Crippen LogP contribution in [-0.4, -0.2) is 57.4 Å². The van der Waals surface area contributed by atoms with Crippen molar-refractivity contribution in [1.82, 2.24) is 14.8 Å². The molecule has 1 aromatic rings. The first kappa shape index (κ1) is 18.4. The highest BCUT2D eigenvalue weighted by molar-refractivity contribution is 5.87. The molecule has 27 heavy (non-hydrogen) atoms. The number of likely N-dealkylation sites (tertiary alicyclic amines) is 2. The van der Waals surface area contributed by atoms with Crippen molar-refractivity contribution in [2.75, 3.05) is 19.6 Å². The molecule has 1 saturated carbocycles. The van der Waals surface area contributed by atoms with Crippen molar-refractivity contribution in [2.45, 2.75) is 58.0 Å². The van der Waals surface area contributed by atoms with Gasteiger partial charge >= 0.3 is 5.97 Å². The SMILES string of the molecule is CCc1ccc(CN2CCC3(CC2)C[C@@H](C(=O)O)N(C(=O)C2CC2)C3)nc1. The number of carbonyl (C=O) groups is 2. The van der Waals surface area contributed by atoms with E-state index in [9.17, 15) is 14.7 Å². The Morgan fingerprint density at radius 1 is 1.26 bits per heavy atom. The standard InChI is InChI=1S/C21H29N3O3/c1-2-15-3-6-17(22-12-15)13-23-9-7-21(8-10-23)11-18(20(26)27)24(14-21)19(25)16-4-5-16/h3,6,12,16,18H,2,4-5,7-11,13-14H2,1H3,(H,26,27)/t18-/m0/s1. The van der Waals surface area contributed by atoms with E-state index >= 15 is 0 Å². The maximum Gasteiger partial charge on any atom is 0.326 e. The van der Waals surface area contributed by atoms with Gasteiger partial charge in [-0.2, -0.15) is 0 Å². The molecule has 0 aromatic carbocycles. The lowest BCUT2D eigenvalue weighted by atomic mass is 9.76. The molecule has 1 amide bonds. The van der Waals surface area contributed by atoms with Crippen LogP contribution >= 0.6 is 0 Å². The lowest BCUT2D eigenvalue weighted by molar-refractivity contribution is -0.148. The van der Waals surface area contributed by atoms with Crippen LogP contribution in [0.4, 0.5) is 0 Å². The fourth-order valence-corrected chi connectivity index (χ4v) is 4.61. The number of piperidine rings is 1. The Hall–Kier alpha value is -1.95. The number of rotatable bonds is 5. The zero-order valence-electron chi connectivity index (χ0n) is 16.1. The molecule has 6 heteroatoms. The summed E-state index contributed by atoms with van der Waals surface area (Å²) in [5.74, 6) is -0.690. The number of pyridine rings is 1. The van der Waals surface area contributed by atoms with Crippen molar-refractivity contribution in [3.05, 3.63) is 29.6 Å². The van der Waals surface area contributed by atoms with Gasteiger partial charge in [-0.25, -0.2) is 4.79 Å². The van der Waals surface area contributed by atoms with E-state index in [4.69, 9.17) is 0 Å². The quantitative estimate of drug-likeness (QED) is 0.860. The van der Waals surface area contributed by atoms with Crippen molar-refractivity contribution in [3.8, 4) is 0 Å². The van der Waals surface area contributed by atoms with E-state index in [1.165, 1.54) is 5.56 Å². The molecule has 1 spiro atoms. The Morgan fingerprint density at radius 3 is 2.56 bits per heavy atom. The number of hydrogen-bond acceptors (Lipinski definition) is 4. The van der Waals surface area contributed by atoms with Crippen molar-refractivity contribution < 1.29 is 14.7 Å². The van der Waals surface area contributed by atoms with E-state index < -0.39 is 12.0 Å². The van der Waals surface area contributed by atoms with Gasteiger partial charge in [-0.1, -0.05) is 13.0 Å². The maximum absolute atomic E-state index is 12.6. The van der Waals surface area contributed by atoms with E-state index in [2.05, 4.69) is 28.9 Å². The summed E-state index contributed by atoms with van der Waals surface area (Å²) in [6.07, 6.45) is 7.32. The van der Waals surface area contributed by atoms with Crippen LogP contribution in [0.1, 0.15) is 50.3 Å². The van der Waals surface area contributed by atoms with Crippen LogP contribution in [0.15, 0.2) is 18.3 Å². The summed E-state index contributed by atoms with van der Waals surface area (Å²) in [4.78, 5) is 32.9. The predicted octanol–water partition coefficient (Wildman–Crippen LogP) is 2.32. The summed E-state index contributed by atoms with van der Waals surface area (Å²) in [5.41, 5.74) is 2.31. The lowest BCUT2D eigenvalue weighted by Crippen LogP contribution is -2.43. The van der Waals surface area contributed by atoms with Crippen LogP contribution in [-0.2, 0) is 22.6 Å². The first-order valence-electron chi connectivity index (χ1n) is 10.2. The Morgan fingerprint density at radius 2 is 2.00 bits per heavy atom. The van der Waals surface area contributed by atoms with Crippen LogP contribution in [0, 0.1) is 11.3 Å². The molecular formula is C21H29N3O3. The number of nitrogens with zero attached hydrogens (tertiary/aromatic N) is 3. The average Bonchev–Trinajstić information content (AvgIpc) is 3.46. The van der Waals surface area contributed by atoms with Gasteiger partial charge in [0, 0.05) is 25.2 Å². The van der Waals surface area contributed by atoms with E-state index in [0.29, 0.717) is 13.0 Å². The number of amides is 1. The van der Waals surface area contributed by atoms with Gasteiger partial charge in [0.25, 0.3) is 0 Å². The molecule has 0 bridgehead atoms. The minimum atomic E-state index is -0.844. The molecule has 6 nitrogen and oxygen atoms in total. The van der Waals surface area contributed by atoms with Crippen molar-refractivity contribution in [3.63, 3.8) is 0 Å². The van der Waals surface area contributed by atoms with E-state index in [0.717, 1.165) is 57.4 Å². The Labute approximate surface area is 160 Å².